The maximum Gasteiger partial charge on any atom is 0.326 e. The first-order chi connectivity index (χ1) is 8.31. The molecule has 1 N–H and O–H groups in total. The summed E-state index contributed by atoms with van der Waals surface area (Å²) in [5, 5.41) is 9.02. The summed E-state index contributed by atoms with van der Waals surface area (Å²) in [6, 6.07) is -0.746. The van der Waals surface area contributed by atoms with Gasteiger partial charge in [0.15, 0.2) is 0 Å². The van der Waals surface area contributed by atoms with Crippen molar-refractivity contribution in [2.75, 3.05) is 18.6 Å². The van der Waals surface area contributed by atoms with Gasteiger partial charge in [-0.3, -0.25) is 4.79 Å². The number of hydrogen-bond acceptors (Lipinski definition) is 4. The van der Waals surface area contributed by atoms with Crippen molar-refractivity contribution in [3.8, 4) is 0 Å². The highest BCUT2D eigenvalue weighted by Gasteiger charge is 2.31. The molecule has 1 aliphatic heterocycles. The predicted molar refractivity (Wildman–Crippen MR) is 65.9 cm³/mol. The number of rotatable bonds is 5. The zero-order valence-electron chi connectivity index (χ0n) is 10.5. The molecule has 0 spiro atoms. The monoisotopic (exact) mass is 277 g/mol. The van der Waals surface area contributed by atoms with Crippen molar-refractivity contribution in [1.29, 1.82) is 0 Å². The molecule has 1 unspecified atom stereocenters. The summed E-state index contributed by atoms with van der Waals surface area (Å²) in [6.45, 7) is 0.453. The Morgan fingerprint density at radius 1 is 1.33 bits per heavy atom. The molecule has 1 aliphatic rings. The molecule has 1 saturated heterocycles. The Morgan fingerprint density at radius 2 is 2.00 bits per heavy atom. The average molecular weight is 277 g/mol. The molecule has 18 heavy (non-hydrogen) atoms. The van der Waals surface area contributed by atoms with E-state index in [1.807, 2.05) is 0 Å². The summed E-state index contributed by atoms with van der Waals surface area (Å²) < 4.78 is 21.9. The number of aliphatic carboxylic acids is 1. The largest absolute Gasteiger partial charge is 0.480 e. The van der Waals surface area contributed by atoms with Crippen molar-refractivity contribution < 1.29 is 23.1 Å². The molecule has 6 nitrogen and oxygen atoms in total. The van der Waals surface area contributed by atoms with Crippen LogP contribution in [-0.2, 0) is 19.4 Å². The first kappa shape index (κ1) is 14.9. The van der Waals surface area contributed by atoms with Gasteiger partial charge in [-0.05, 0) is 25.7 Å². The molecule has 0 saturated carbocycles. The number of likely N-dealkylation sites (tertiary alicyclic amines) is 1. The number of nitrogens with zero attached hydrogens (tertiary/aromatic N) is 1. The third kappa shape index (κ3) is 4.64. The molecule has 1 fully saturated rings. The average Bonchev–Trinajstić information content (AvgIpc) is 2.27. The van der Waals surface area contributed by atoms with Crippen LogP contribution in [0, 0.1) is 0 Å². The van der Waals surface area contributed by atoms with Gasteiger partial charge in [0, 0.05) is 19.2 Å². The van der Waals surface area contributed by atoms with E-state index < -0.39 is 21.8 Å². The van der Waals surface area contributed by atoms with Gasteiger partial charge in [-0.2, -0.15) is 0 Å². The minimum absolute atomic E-state index is 0.0374. The molecule has 0 radical (unpaired) electrons. The molecule has 1 atom stereocenters. The predicted octanol–water partition coefficient (Wildman–Crippen LogP) is 0.277. The molecular weight excluding hydrogens is 258 g/mol. The van der Waals surface area contributed by atoms with Crippen LogP contribution in [0.2, 0.25) is 0 Å². The molecule has 0 aromatic heterocycles. The fourth-order valence-electron chi connectivity index (χ4n) is 2.12. The number of hydrogen-bond donors (Lipinski definition) is 1. The Hall–Kier alpha value is -1.11. The maximum absolute atomic E-state index is 11.9. The van der Waals surface area contributed by atoms with Crippen LogP contribution in [0.25, 0.3) is 0 Å². The van der Waals surface area contributed by atoms with E-state index in [9.17, 15) is 18.0 Å². The Labute approximate surface area is 107 Å². The number of carbonyl (C=O) groups excluding carboxylic acids is 1. The zero-order chi connectivity index (χ0) is 13.8. The third-order valence-corrected chi connectivity index (χ3v) is 4.04. The van der Waals surface area contributed by atoms with E-state index >= 15 is 0 Å². The standard InChI is InChI=1S/C11H19NO5S/c1-18(16,17)8-4-6-10(13)12-7-3-2-5-9(12)11(14)15/h9H,2-8H2,1H3,(H,14,15). The lowest BCUT2D eigenvalue weighted by molar-refractivity contribution is -0.152. The summed E-state index contributed by atoms with van der Waals surface area (Å²) in [5.41, 5.74) is 0. The lowest BCUT2D eigenvalue weighted by atomic mass is 10.0. The molecule has 7 heteroatoms. The van der Waals surface area contributed by atoms with E-state index in [1.165, 1.54) is 4.90 Å². The van der Waals surface area contributed by atoms with Crippen molar-refractivity contribution >= 4 is 21.7 Å². The van der Waals surface area contributed by atoms with E-state index in [-0.39, 0.29) is 24.5 Å². The van der Waals surface area contributed by atoms with Gasteiger partial charge in [0.2, 0.25) is 5.91 Å². The van der Waals surface area contributed by atoms with Gasteiger partial charge in [-0.1, -0.05) is 0 Å². The Balaban J connectivity index is 2.51. The summed E-state index contributed by atoms with van der Waals surface area (Å²) in [5.74, 6) is -1.28. The molecule has 0 aliphatic carbocycles. The van der Waals surface area contributed by atoms with Crippen LogP contribution in [0.4, 0.5) is 0 Å². The molecule has 0 aromatic carbocycles. The molecule has 1 amide bonds. The first-order valence-electron chi connectivity index (χ1n) is 6.01. The molecule has 0 aromatic rings. The van der Waals surface area contributed by atoms with Crippen LogP contribution in [0.1, 0.15) is 32.1 Å². The van der Waals surface area contributed by atoms with Crippen LogP contribution in [-0.4, -0.2) is 54.9 Å². The second-order valence-corrected chi connectivity index (χ2v) is 6.93. The van der Waals surface area contributed by atoms with Crippen LogP contribution < -0.4 is 0 Å². The number of carboxylic acid groups (broad SMARTS) is 1. The van der Waals surface area contributed by atoms with Crippen LogP contribution >= 0.6 is 0 Å². The number of carboxylic acids is 1. The molecule has 0 bridgehead atoms. The van der Waals surface area contributed by atoms with Gasteiger partial charge >= 0.3 is 5.97 Å². The van der Waals surface area contributed by atoms with E-state index in [0.29, 0.717) is 13.0 Å². The fourth-order valence-corrected chi connectivity index (χ4v) is 2.78. The number of amides is 1. The topological polar surface area (TPSA) is 91.8 Å². The Morgan fingerprint density at radius 3 is 2.56 bits per heavy atom. The minimum atomic E-state index is -3.07. The van der Waals surface area contributed by atoms with Crippen LogP contribution in [0.5, 0.6) is 0 Å². The molecule has 1 rings (SSSR count). The normalized spacial score (nSPS) is 20.7. The summed E-state index contributed by atoms with van der Waals surface area (Å²) in [6.07, 6.45) is 3.56. The Kier molecular flexibility index (Phi) is 5.13. The molecular formula is C11H19NO5S. The zero-order valence-corrected chi connectivity index (χ0v) is 11.3. The summed E-state index contributed by atoms with van der Waals surface area (Å²) >= 11 is 0. The SMILES string of the molecule is CS(=O)(=O)CCCC(=O)N1CCCCC1C(=O)O. The van der Waals surface area contributed by atoms with E-state index in [0.717, 1.165) is 19.1 Å². The second kappa shape index (κ2) is 6.17. The lowest BCUT2D eigenvalue weighted by Gasteiger charge is -2.33. The smallest absolute Gasteiger partial charge is 0.326 e. The van der Waals surface area contributed by atoms with E-state index in [4.69, 9.17) is 5.11 Å². The second-order valence-electron chi connectivity index (χ2n) is 4.67. The number of carbonyl (C=O) groups is 2. The number of piperidine rings is 1. The van der Waals surface area contributed by atoms with E-state index in [2.05, 4.69) is 0 Å². The Bertz CT molecular complexity index is 417. The lowest BCUT2D eigenvalue weighted by Crippen LogP contribution is -2.48. The maximum atomic E-state index is 11.9. The van der Waals surface area contributed by atoms with E-state index in [1.54, 1.807) is 0 Å². The van der Waals surface area contributed by atoms with Crippen molar-refractivity contribution in [3.05, 3.63) is 0 Å². The van der Waals surface area contributed by atoms with Gasteiger partial charge in [0.1, 0.15) is 15.9 Å². The quantitative estimate of drug-likeness (QED) is 0.779. The van der Waals surface area contributed by atoms with Crippen molar-refractivity contribution in [2.45, 2.75) is 38.1 Å². The van der Waals surface area contributed by atoms with Gasteiger partial charge in [0.25, 0.3) is 0 Å². The summed E-state index contributed by atoms with van der Waals surface area (Å²) in [4.78, 5) is 24.2. The van der Waals surface area contributed by atoms with Crippen LogP contribution in [0.15, 0.2) is 0 Å². The molecule has 104 valence electrons. The van der Waals surface area contributed by atoms with Crippen molar-refractivity contribution in [3.63, 3.8) is 0 Å². The number of sulfone groups is 1. The molecule has 1 heterocycles. The highest BCUT2D eigenvalue weighted by atomic mass is 32.2. The first-order valence-corrected chi connectivity index (χ1v) is 8.07. The van der Waals surface area contributed by atoms with Gasteiger partial charge in [0.05, 0.1) is 5.75 Å². The summed E-state index contributed by atoms with van der Waals surface area (Å²) in [7, 11) is -3.07. The van der Waals surface area contributed by atoms with Crippen molar-refractivity contribution in [2.24, 2.45) is 0 Å². The minimum Gasteiger partial charge on any atom is -0.480 e. The van der Waals surface area contributed by atoms with Gasteiger partial charge < -0.3 is 10.0 Å². The highest BCUT2D eigenvalue weighted by Crippen LogP contribution is 2.18. The third-order valence-electron chi connectivity index (χ3n) is 3.01. The van der Waals surface area contributed by atoms with Gasteiger partial charge in [-0.25, -0.2) is 13.2 Å². The van der Waals surface area contributed by atoms with Crippen LogP contribution in [0.3, 0.4) is 0 Å². The van der Waals surface area contributed by atoms with Gasteiger partial charge in [-0.15, -0.1) is 0 Å². The highest BCUT2D eigenvalue weighted by molar-refractivity contribution is 7.90. The van der Waals surface area contributed by atoms with Crippen molar-refractivity contribution in [1.82, 2.24) is 4.90 Å². The fraction of sp³-hybridized carbons (Fsp3) is 0.818.